The van der Waals surface area contributed by atoms with E-state index in [9.17, 15) is 4.79 Å². The van der Waals surface area contributed by atoms with E-state index in [-0.39, 0.29) is 11.3 Å². The zero-order valence-corrected chi connectivity index (χ0v) is 17.2. The first-order chi connectivity index (χ1) is 14.2. The molecule has 1 amide bonds. The zero-order chi connectivity index (χ0) is 20.1. The molecule has 2 aliphatic heterocycles. The van der Waals surface area contributed by atoms with E-state index in [1.54, 1.807) is 17.2 Å². The van der Waals surface area contributed by atoms with Crippen molar-refractivity contribution in [2.24, 2.45) is 0 Å². The Balaban J connectivity index is 1.48. The number of hydrogen-bond acceptors (Lipinski definition) is 5. The van der Waals surface area contributed by atoms with Crippen LogP contribution in [-0.4, -0.2) is 61.9 Å². The van der Waals surface area contributed by atoms with E-state index in [0.717, 1.165) is 26.1 Å². The topological polar surface area (TPSA) is 63.7 Å². The average molecular weight is 416 g/mol. The van der Waals surface area contributed by atoms with Gasteiger partial charge < -0.3 is 19.7 Å². The first-order valence-corrected chi connectivity index (χ1v) is 10.5. The number of ether oxygens (including phenoxy) is 2. The number of hydrogen-bond donors (Lipinski definition) is 1. The predicted octanol–water partition coefficient (Wildman–Crippen LogP) is 3.37. The first kappa shape index (κ1) is 20.1. The van der Waals surface area contributed by atoms with Crippen LogP contribution in [0.2, 0.25) is 5.02 Å². The summed E-state index contributed by atoms with van der Waals surface area (Å²) in [6.45, 7) is 4.52. The van der Waals surface area contributed by atoms with Crippen LogP contribution in [0.15, 0.2) is 42.6 Å². The van der Waals surface area contributed by atoms with E-state index in [1.165, 1.54) is 5.56 Å². The molecule has 0 spiro atoms. The van der Waals surface area contributed by atoms with Gasteiger partial charge in [0.1, 0.15) is 5.82 Å². The average Bonchev–Trinajstić information content (AvgIpc) is 2.79. The van der Waals surface area contributed by atoms with Crippen molar-refractivity contribution < 1.29 is 14.3 Å². The first-order valence-electron chi connectivity index (χ1n) is 10.1. The van der Waals surface area contributed by atoms with Gasteiger partial charge in [-0.1, -0.05) is 41.9 Å². The molecule has 0 atom stereocenters. The fraction of sp³-hybridized carbons (Fsp3) is 0.455. The van der Waals surface area contributed by atoms with Crippen molar-refractivity contribution >= 4 is 23.3 Å². The number of morpholine rings is 1. The molecule has 0 saturated carbocycles. The van der Waals surface area contributed by atoms with Gasteiger partial charge in [-0.05, 0) is 24.5 Å². The van der Waals surface area contributed by atoms with Crippen LogP contribution in [0.4, 0.5) is 5.82 Å². The van der Waals surface area contributed by atoms with Gasteiger partial charge in [0.05, 0.1) is 23.8 Å². The molecule has 0 aliphatic carbocycles. The van der Waals surface area contributed by atoms with Crippen molar-refractivity contribution in [1.29, 1.82) is 0 Å². The maximum atomic E-state index is 12.6. The molecule has 7 heteroatoms. The summed E-state index contributed by atoms with van der Waals surface area (Å²) in [6, 6.07) is 12.2. The van der Waals surface area contributed by atoms with Gasteiger partial charge in [0.25, 0.3) is 5.91 Å². The van der Waals surface area contributed by atoms with Crippen LogP contribution in [0.5, 0.6) is 0 Å². The lowest BCUT2D eigenvalue weighted by atomic mass is 9.74. The zero-order valence-electron chi connectivity index (χ0n) is 16.4. The third-order valence-electron chi connectivity index (χ3n) is 5.82. The minimum atomic E-state index is -0.0561. The fourth-order valence-corrected chi connectivity index (χ4v) is 4.24. The van der Waals surface area contributed by atoms with Crippen molar-refractivity contribution in [3.8, 4) is 0 Å². The molecule has 2 aromatic rings. The molecule has 0 unspecified atom stereocenters. The molecule has 1 N–H and O–H groups in total. The third-order valence-corrected chi connectivity index (χ3v) is 6.10. The molecule has 1 aromatic carbocycles. The van der Waals surface area contributed by atoms with Crippen LogP contribution in [0.1, 0.15) is 28.8 Å². The molecule has 2 fully saturated rings. The predicted molar refractivity (Wildman–Crippen MR) is 113 cm³/mol. The Bertz CT molecular complexity index is 834. The molecule has 0 bridgehead atoms. The third kappa shape index (κ3) is 4.55. The second-order valence-corrected chi connectivity index (χ2v) is 7.98. The lowest BCUT2D eigenvalue weighted by molar-refractivity contribution is 0.0302. The summed E-state index contributed by atoms with van der Waals surface area (Å²) in [7, 11) is 0. The van der Waals surface area contributed by atoms with Crippen LogP contribution in [0.25, 0.3) is 0 Å². The van der Waals surface area contributed by atoms with Crippen LogP contribution in [0, 0.1) is 0 Å². The maximum Gasteiger partial charge on any atom is 0.255 e. The smallest absolute Gasteiger partial charge is 0.255 e. The molecule has 0 radical (unpaired) electrons. The summed E-state index contributed by atoms with van der Waals surface area (Å²) in [5.41, 5.74) is 1.78. The molecule has 4 rings (SSSR count). The van der Waals surface area contributed by atoms with Crippen molar-refractivity contribution in [2.45, 2.75) is 18.3 Å². The number of halogens is 1. The van der Waals surface area contributed by atoms with Gasteiger partial charge in [-0.2, -0.15) is 0 Å². The van der Waals surface area contributed by atoms with Gasteiger partial charge in [0.2, 0.25) is 0 Å². The largest absolute Gasteiger partial charge is 0.381 e. The molecule has 1 aromatic heterocycles. The number of amides is 1. The number of benzene rings is 1. The highest BCUT2D eigenvalue weighted by Gasteiger charge is 2.34. The normalized spacial score (nSPS) is 19.0. The monoisotopic (exact) mass is 415 g/mol. The Morgan fingerprint density at radius 3 is 2.48 bits per heavy atom. The molecule has 6 nitrogen and oxygen atoms in total. The number of carbonyl (C=O) groups excluding carboxylic acids is 1. The summed E-state index contributed by atoms with van der Waals surface area (Å²) < 4.78 is 10.9. The van der Waals surface area contributed by atoms with Crippen molar-refractivity contribution in [3.05, 3.63) is 58.7 Å². The fourth-order valence-electron chi connectivity index (χ4n) is 4.01. The summed E-state index contributed by atoms with van der Waals surface area (Å²) in [5.74, 6) is 0.548. The highest BCUT2D eigenvalue weighted by atomic mass is 35.5. The SMILES string of the molecule is O=C(c1cnc(NCC2(c3ccccc3)CCOCC2)c(Cl)c1)N1CCOCC1. The maximum absolute atomic E-state index is 12.6. The Morgan fingerprint density at radius 2 is 1.79 bits per heavy atom. The standard InChI is InChI=1S/C22H26ClN3O3/c23-19-14-17(21(27)26-8-12-29-13-9-26)15-24-20(19)25-16-22(6-10-28-11-7-22)18-4-2-1-3-5-18/h1-5,14-15H,6-13,16H2,(H,24,25). The van der Waals surface area contributed by atoms with E-state index >= 15 is 0 Å². The van der Waals surface area contributed by atoms with Gasteiger partial charge in [0.15, 0.2) is 0 Å². The highest BCUT2D eigenvalue weighted by Crippen LogP contribution is 2.35. The van der Waals surface area contributed by atoms with Gasteiger partial charge >= 0.3 is 0 Å². The van der Waals surface area contributed by atoms with Gasteiger partial charge in [-0.15, -0.1) is 0 Å². The Morgan fingerprint density at radius 1 is 1.10 bits per heavy atom. The van der Waals surface area contributed by atoms with Crippen molar-refractivity contribution in [3.63, 3.8) is 0 Å². The van der Waals surface area contributed by atoms with Crippen LogP contribution in [-0.2, 0) is 14.9 Å². The quantitative estimate of drug-likeness (QED) is 0.811. The van der Waals surface area contributed by atoms with Crippen molar-refractivity contribution in [1.82, 2.24) is 9.88 Å². The molecule has 3 heterocycles. The summed E-state index contributed by atoms with van der Waals surface area (Å²) in [5, 5.41) is 3.88. The minimum absolute atomic E-state index is 0.0210. The summed E-state index contributed by atoms with van der Waals surface area (Å²) >= 11 is 6.48. The van der Waals surface area contributed by atoms with Crippen LogP contribution < -0.4 is 5.32 Å². The Hall–Kier alpha value is -2.15. The highest BCUT2D eigenvalue weighted by molar-refractivity contribution is 6.33. The second-order valence-electron chi connectivity index (χ2n) is 7.57. The summed E-state index contributed by atoms with van der Waals surface area (Å²) in [6.07, 6.45) is 3.48. The van der Waals surface area contributed by atoms with E-state index in [2.05, 4.69) is 34.6 Å². The second kappa shape index (κ2) is 9.11. The molecule has 29 heavy (non-hydrogen) atoms. The molecular weight excluding hydrogens is 390 g/mol. The summed E-state index contributed by atoms with van der Waals surface area (Å²) in [4.78, 5) is 18.9. The van der Waals surface area contributed by atoms with Crippen LogP contribution in [0.3, 0.4) is 0 Å². The number of nitrogens with one attached hydrogen (secondary N) is 1. The number of pyridine rings is 1. The van der Waals surface area contributed by atoms with Gasteiger partial charge in [0, 0.05) is 44.5 Å². The number of aromatic nitrogens is 1. The Kier molecular flexibility index (Phi) is 6.33. The number of rotatable bonds is 5. The lowest BCUT2D eigenvalue weighted by Gasteiger charge is -2.38. The molecule has 2 saturated heterocycles. The van der Waals surface area contributed by atoms with Crippen LogP contribution >= 0.6 is 11.6 Å². The van der Waals surface area contributed by atoms with Gasteiger partial charge in [-0.25, -0.2) is 4.98 Å². The van der Waals surface area contributed by atoms with E-state index in [4.69, 9.17) is 21.1 Å². The van der Waals surface area contributed by atoms with Crippen molar-refractivity contribution in [2.75, 3.05) is 51.4 Å². The molecule has 154 valence electrons. The molecular formula is C22H26ClN3O3. The minimum Gasteiger partial charge on any atom is -0.381 e. The van der Waals surface area contributed by atoms with E-state index in [0.29, 0.717) is 49.3 Å². The molecule has 2 aliphatic rings. The number of anilines is 1. The van der Waals surface area contributed by atoms with Gasteiger partial charge in [-0.3, -0.25) is 4.79 Å². The van der Waals surface area contributed by atoms with E-state index in [1.807, 2.05) is 6.07 Å². The lowest BCUT2D eigenvalue weighted by Crippen LogP contribution is -2.41. The van der Waals surface area contributed by atoms with E-state index < -0.39 is 0 Å². The number of carbonyl (C=O) groups is 1. The Labute approximate surface area is 176 Å². The number of nitrogens with zero attached hydrogens (tertiary/aromatic N) is 2.